The van der Waals surface area contributed by atoms with Crippen LogP contribution in [0, 0.1) is 34.5 Å². The zero-order chi connectivity index (χ0) is 23.6. The third-order valence-electron chi connectivity index (χ3n) is 11.5. The van der Waals surface area contributed by atoms with Crippen molar-refractivity contribution < 1.29 is 34.3 Å². The van der Waals surface area contributed by atoms with Crippen molar-refractivity contribution in [3.63, 3.8) is 0 Å². The fourth-order valence-electron chi connectivity index (χ4n) is 11.0. The van der Waals surface area contributed by atoms with Crippen LogP contribution in [0.3, 0.4) is 0 Å². The molecule has 5 saturated carbocycles. The number of ether oxygens (including phenoxy) is 4. The summed E-state index contributed by atoms with van der Waals surface area (Å²) in [7, 11) is 6.79. The second-order valence-electron chi connectivity index (χ2n) is 11.9. The number of methoxy groups -OCH3 is 4. The van der Waals surface area contributed by atoms with Gasteiger partial charge in [-0.05, 0) is 31.7 Å². The van der Waals surface area contributed by atoms with Crippen LogP contribution in [0.2, 0.25) is 0 Å². The number of rotatable bonds is 6. The first kappa shape index (κ1) is 23.1. The molecule has 6 rings (SSSR count). The SMILES string of the molecule is CCN1CC2(COC)CCC(O)C34C5CC6C(OC)C5C(O)(C[C@@H]6OC)C(O)(C(OC)C23)C14. The van der Waals surface area contributed by atoms with Crippen molar-refractivity contribution in [3.05, 3.63) is 0 Å². The lowest BCUT2D eigenvalue weighted by Crippen LogP contribution is -2.82. The minimum Gasteiger partial charge on any atom is -0.392 e. The Morgan fingerprint density at radius 3 is 2.42 bits per heavy atom. The van der Waals surface area contributed by atoms with Gasteiger partial charge in [-0.25, -0.2) is 0 Å². The smallest absolute Gasteiger partial charge is 0.136 e. The second kappa shape index (κ2) is 7.13. The molecule has 7 bridgehead atoms. The molecule has 8 heteroatoms. The van der Waals surface area contributed by atoms with E-state index in [1.54, 1.807) is 28.4 Å². The van der Waals surface area contributed by atoms with Gasteiger partial charge in [0, 0.05) is 70.0 Å². The van der Waals surface area contributed by atoms with Gasteiger partial charge in [-0.3, -0.25) is 4.90 Å². The van der Waals surface area contributed by atoms with E-state index in [2.05, 4.69) is 11.8 Å². The molecular weight excluding hydrogens is 426 g/mol. The summed E-state index contributed by atoms with van der Waals surface area (Å²) in [6.07, 6.45) is 1.06. The zero-order valence-corrected chi connectivity index (χ0v) is 20.6. The molecule has 0 aromatic carbocycles. The first-order chi connectivity index (χ1) is 15.8. The highest BCUT2D eigenvalue weighted by Gasteiger charge is 2.91. The van der Waals surface area contributed by atoms with Crippen molar-refractivity contribution in [2.75, 3.05) is 48.1 Å². The Labute approximate surface area is 196 Å². The van der Waals surface area contributed by atoms with Gasteiger partial charge in [-0.1, -0.05) is 6.92 Å². The second-order valence-corrected chi connectivity index (χ2v) is 11.9. The summed E-state index contributed by atoms with van der Waals surface area (Å²) >= 11 is 0. The van der Waals surface area contributed by atoms with E-state index in [1.165, 1.54) is 0 Å². The van der Waals surface area contributed by atoms with Crippen molar-refractivity contribution in [3.8, 4) is 0 Å². The first-order valence-corrected chi connectivity index (χ1v) is 12.7. The highest BCUT2D eigenvalue weighted by Crippen LogP contribution is 2.80. The van der Waals surface area contributed by atoms with Gasteiger partial charge >= 0.3 is 0 Å². The molecule has 5 aliphatic carbocycles. The maximum Gasteiger partial charge on any atom is 0.136 e. The zero-order valence-electron chi connectivity index (χ0n) is 20.6. The predicted molar refractivity (Wildman–Crippen MR) is 119 cm³/mol. The van der Waals surface area contributed by atoms with Crippen LogP contribution in [0.25, 0.3) is 0 Å². The molecule has 1 saturated heterocycles. The highest BCUT2D eigenvalue weighted by molar-refractivity contribution is 5.41. The number of aliphatic hydroxyl groups excluding tert-OH is 1. The van der Waals surface area contributed by atoms with Crippen LogP contribution in [0.5, 0.6) is 0 Å². The molecule has 1 aliphatic heterocycles. The average Bonchev–Trinajstić information content (AvgIpc) is 3.22. The van der Waals surface area contributed by atoms with Gasteiger partial charge in [-0.15, -0.1) is 0 Å². The van der Waals surface area contributed by atoms with Crippen LogP contribution in [0.1, 0.15) is 32.6 Å². The number of hydrogen-bond donors (Lipinski definition) is 3. The van der Waals surface area contributed by atoms with Crippen LogP contribution in [-0.4, -0.2) is 110 Å². The van der Waals surface area contributed by atoms with Crippen molar-refractivity contribution in [1.29, 1.82) is 0 Å². The molecule has 0 radical (unpaired) electrons. The van der Waals surface area contributed by atoms with Crippen molar-refractivity contribution in [1.82, 2.24) is 4.90 Å². The molecule has 0 aromatic rings. The standard InChI is InChI=1S/C25H41NO7/c1-6-26-11-22(12-30-2)8-7-16(27)24-14-9-13-15(31-3)10-23(28,17(14)18(13)32-4)25(29,21(24)26)20(33-5)19(22)24/h13-21,27-29H,6-12H2,1-5H3/t13?,14?,15-,16?,17?,18?,19?,20?,21?,22?,23?,24?,25?/m0/s1. The van der Waals surface area contributed by atoms with E-state index in [0.717, 1.165) is 25.9 Å². The van der Waals surface area contributed by atoms with E-state index in [9.17, 15) is 15.3 Å². The summed E-state index contributed by atoms with van der Waals surface area (Å²) in [5.41, 5.74) is -3.82. The number of hydrogen-bond acceptors (Lipinski definition) is 8. The molecule has 1 heterocycles. The van der Waals surface area contributed by atoms with Gasteiger partial charge in [0.15, 0.2) is 0 Å². The van der Waals surface area contributed by atoms with Crippen LogP contribution in [0.15, 0.2) is 0 Å². The van der Waals surface area contributed by atoms with E-state index in [4.69, 9.17) is 18.9 Å². The molecule has 12 unspecified atom stereocenters. The van der Waals surface area contributed by atoms with Gasteiger partial charge in [0.1, 0.15) is 11.2 Å². The van der Waals surface area contributed by atoms with Crippen LogP contribution in [-0.2, 0) is 18.9 Å². The number of nitrogens with zero attached hydrogens (tertiary/aromatic N) is 1. The normalized spacial score (nSPS) is 60.9. The Morgan fingerprint density at radius 2 is 1.82 bits per heavy atom. The number of aliphatic hydroxyl groups is 3. The molecule has 188 valence electrons. The summed E-state index contributed by atoms with van der Waals surface area (Å²) in [6.45, 7) is 4.18. The van der Waals surface area contributed by atoms with Gasteiger partial charge in [0.25, 0.3) is 0 Å². The van der Waals surface area contributed by atoms with Gasteiger partial charge < -0.3 is 34.3 Å². The van der Waals surface area contributed by atoms with Crippen LogP contribution in [0.4, 0.5) is 0 Å². The Kier molecular flexibility index (Phi) is 4.99. The molecule has 13 atom stereocenters. The third-order valence-corrected chi connectivity index (χ3v) is 11.5. The maximum atomic E-state index is 12.9. The van der Waals surface area contributed by atoms with E-state index >= 15 is 0 Å². The molecule has 1 spiro atoms. The topological polar surface area (TPSA) is 101 Å². The van der Waals surface area contributed by atoms with Gasteiger partial charge in [0.05, 0.1) is 37.1 Å². The quantitative estimate of drug-likeness (QED) is 0.512. The predicted octanol–water partition coefficient (Wildman–Crippen LogP) is 0.271. The molecule has 33 heavy (non-hydrogen) atoms. The number of likely N-dealkylation sites (tertiary alicyclic amines) is 1. The first-order valence-electron chi connectivity index (χ1n) is 12.7. The minimum absolute atomic E-state index is 0.00825. The monoisotopic (exact) mass is 467 g/mol. The molecule has 0 amide bonds. The van der Waals surface area contributed by atoms with Gasteiger partial charge in [-0.2, -0.15) is 0 Å². The summed E-state index contributed by atoms with van der Waals surface area (Å²) < 4.78 is 24.0. The summed E-state index contributed by atoms with van der Waals surface area (Å²) in [4.78, 5) is 2.33. The molecule has 0 aromatic heterocycles. The van der Waals surface area contributed by atoms with Crippen LogP contribution < -0.4 is 0 Å². The average molecular weight is 468 g/mol. The molecule has 3 N–H and O–H groups in total. The summed E-state index contributed by atoms with van der Waals surface area (Å²) in [5.74, 6) is -0.231. The van der Waals surface area contributed by atoms with E-state index in [-0.39, 0.29) is 47.3 Å². The van der Waals surface area contributed by atoms with E-state index in [0.29, 0.717) is 19.4 Å². The summed E-state index contributed by atoms with van der Waals surface area (Å²) in [6, 6.07) is -0.386. The fraction of sp³-hybridized carbons (Fsp3) is 1.00. The Bertz CT molecular complexity index is 814. The highest BCUT2D eigenvalue weighted by atomic mass is 16.5. The van der Waals surface area contributed by atoms with Crippen molar-refractivity contribution in [2.24, 2.45) is 34.5 Å². The lowest BCUT2D eigenvalue weighted by Gasteiger charge is -2.69. The maximum absolute atomic E-state index is 12.9. The largest absolute Gasteiger partial charge is 0.392 e. The summed E-state index contributed by atoms with van der Waals surface area (Å²) in [5, 5.41) is 37.6. The van der Waals surface area contributed by atoms with E-state index in [1.807, 2.05) is 0 Å². The third kappa shape index (κ3) is 2.20. The lowest BCUT2D eigenvalue weighted by atomic mass is 9.42. The number of fused-ring (bicyclic) bond motifs is 2. The van der Waals surface area contributed by atoms with Gasteiger partial charge in [0.2, 0.25) is 0 Å². The van der Waals surface area contributed by atoms with Crippen molar-refractivity contribution in [2.45, 2.75) is 74.3 Å². The molecule has 6 aliphatic rings. The Morgan fingerprint density at radius 1 is 1.06 bits per heavy atom. The lowest BCUT2D eigenvalue weighted by molar-refractivity contribution is -0.318. The Hall–Kier alpha value is -0.320. The van der Waals surface area contributed by atoms with Crippen LogP contribution >= 0.6 is 0 Å². The molecular formula is C25H41NO7. The Balaban J connectivity index is 1.67. The van der Waals surface area contributed by atoms with Crippen molar-refractivity contribution >= 4 is 0 Å². The molecule has 8 nitrogen and oxygen atoms in total. The molecule has 6 fully saturated rings. The minimum atomic E-state index is -1.55. The van der Waals surface area contributed by atoms with E-state index < -0.39 is 28.8 Å². The number of likely N-dealkylation sites (N-methyl/N-ethyl adjacent to an activating group) is 1. The fourth-order valence-corrected chi connectivity index (χ4v) is 11.0. The number of piperidine rings is 1.